The standard InChI is InChI=1S/C17H18F3N3OS2/c1-11-5-2-3-7-23(11)15(24)10-26-16-21-12(13-6-4-8-25-13)9-14(22-16)17(18,19)20/h4,6,8-9,11H,2-3,5,7,10H2,1H3/t11-/m0/s1. The number of nitrogens with zero attached hydrogens (tertiary/aromatic N) is 3. The van der Waals surface area contributed by atoms with Gasteiger partial charge in [0.25, 0.3) is 0 Å². The first-order valence-corrected chi connectivity index (χ1v) is 10.1. The largest absolute Gasteiger partial charge is 0.433 e. The number of aromatic nitrogens is 2. The molecule has 0 aromatic carbocycles. The lowest BCUT2D eigenvalue weighted by molar-refractivity contribution is -0.141. The molecule has 26 heavy (non-hydrogen) atoms. The molecule has 0 saturated carbocycles. The lowest BCUT2D eigenvalue weighted by Gasteiger charge is -2.33. The van der Waals surface area contributed by atoms with Gasteiger partial charge < -0.3 is 4.90 Å². The maximum Gasteiger partial charge on any atom is 0.433 e. The smallest absolute Gasteiger partial charge is 0.339 e. The highest BCUT2D eigenvalue weighted by Crippen LogP contribution is 2.33. The fourth-order valence-corrected chi connectivity index (χ4v) is 4.29. The Morgan fingerprint density at radius 1 is 1.38 bits per heavy atom. The summed E-state index contributed by atoms with van der Waals surface area (Å²) in [5, 5.41) is 1.75. The minimum Gasteiger partial charge on any atom is -0.339 e. The molecule has 0 bridgehead atoms. The molecule has 0 aliphatic carbocycles. The minimum atomic E-state index is -4.56. The molecule has 1 aliphatic rings. The third-order valence-corrected chi connectivity index (χ3v) is 5.94. The van der Waals surface area contributed by atoms with Gasteiger partial charge in [-0.1, -0.05) is 17.8 Å². The molecule has 0 spiro atoms. The Hall–Kier alpha value is -1.61. The summed E-state index contributed by atoms with van der Waals surface area (Å²) in [6, 6.07) is 4.58. The zero-order chi connectivity index (χ0) is 18.7. The van der Waals surface area contributed by atoms with E-state index in [1.54, 1.807) is 22.4 Å². The summed E-state index contributed by atoms with van der Waals surface area (Å²) >= 11 is 2.27. The summed E-state index contributed by atoms with van der Waals surface area (Å²) in [6.45, 7) is 2.70. The number of rotatable bonds is 4. The van der Waals surface area contributed by atoms with E-state index >= 15 is 0 Å². The number of alkyl halides is 3. The Bertz CT molecular complexity index is 765. The van der Waals surface area contributed by atoms with E-state index in [-0.39, 0.29) is 28.6 Å². The lowest BCUT2D eigenvalue weighted by atomic mass is 10.0. The second-order valence-electron chi connectivity index (χ2n) is 6.12. The first kappa shape index (κ1) is 19.2. The van der Waals surface area contributed by atoms with E-state index in [2.05, 4.69) is 9.97 Å². The third kappa shape index (κ3) is 4.56. The summed E-state index contributed by atoms with van der Waals surface area (Å²) in [6.07, 6.45) is -1.54. The highest BCUT2D eigenvalue weighted by molar-refractivity contribution is 7.99. The fraction of sp³-hybridized carbons (Fsp3) is 0.471. The van der Waals surface area contributed by atoms with Crippen LogP contribution in [0.25, 0.3) is 10.6 Å². The van der Waals surface area contributed by atoms with Gasteiger partial charge in [0.15, 0.2) is 5.16 Å². The van der Waals surface area contributed by atoms with Crippen LogP contribution in [0.5, 0.6) is 0 Å². The van der Waals surface area contributed by atoms with Gasteiger partial charge in [-0.15, -0.1) is 11.3 Å². The van der Waals surface area contributed by atoms with Crippen molar-refractivity contribution in [2.75, 3.05) is 12.3 Å². The summed E-state index contributed by atoms with van der Waals surface area (Å²) in [7, 11) is 0. The van der Waals surface area contributed by atoms with E-state index in [9.17, 15) is 18.0 Å². The first-order chi connectivity index (χ1) is 12.3. The molecule has 2 aromatic heterocycles. The molecule has 0 radical (unpaired) electrons. The van der Waals surface area contributed by atoms with Crippen LogP contribution >= 0.6 is 23.1 Å². The Morgan fingerprint density at radius 3 is 2.85 bits per heavy atom. The maximum absolute atomic E-state index is 13.2. The van der Waals surface area contributed by atoms with Gasteiger partial charge in [-0.25, -0.2) is 9.97 Å². The molecule has 140 valence electrons. The average molecular weight is 401 g/mol. The van der Waals surface area contributed by atoms with E-state index in [4.69, 9.17) is 0 Å². The van der Waals surface area contributed by atoms with E-state index < -0.39 is 11.9 Å². The summed E-state index contributed by atoms with van der Waals surface area (Å²) in [4.78, 5) is 22.7. The number of hydrogen-bond donors (Lipinski definition) is 0. The van der Waals surface area contributed by atoms with Crippen LogP contribution in [-0.2, 0) is 11.0 Å². The fourth-order valence-electron chi connectivity index (χ4n) is 2.86. The van der Waals surface area contributed by atoms with E-state index in [1.165, 1.54) is 11.3 Å². The maximum atomic E-state index is 13.2. The number of carbonyl (C=O) groups is 1. The van der Waals surface area contributed by atoms with Gasteiger partial charge in [-0.3, -0.25) is 4.79 Å². The number of piperidine rings is 1. The quantitative estimate of drug-likeness (QED) is 0.550. The third-order valence-electron chi connectivity index (χ3n) is 4.22. The van der Waals surface area contributed by atoms with Crippen molar-refractivity contribution in [3.05, 3.63) is 29.3 Å². The van der Waals surface area contributed by atoms with Crippen LogP contribution in [0.2, 0.25) is 0 Å². The normalized spacial score (nSPS) is 18.2. The van der Waals surface area contributed by atoms with Gasteiger partial charge in [-0.05, 0) is 43.7 Å². The van der Waals surface area contributed by atoms with Crippen molar-refractivity contribution in [2.45, 2.75) is 43.6 Å². The molecule has 3 rings (SSSR count). The molecule has 2 aromatic rings. The average Bonchev–Trinajstić information content (AvgIpc) is 3.14. The predicted molar refractivity (Wildman–Crippen MR) is 96.1 cm³/mol. The van der Waals surface area contributed by atoms with Crippen LogP contribution in [0.3, 0.4) is 0 Å². The number of amides is 1. The van der Waals surface area contributed by atoms with Gasteiger partial charge in [0, 0.05) is 12.6 Å². The molecule has 3 heterocycles. The van der Waals surface area contributed by atoms with Crippen molar-refractivity contribution in [1.29, 1.82) is 0 Å². The van der Waals surface area contributed by atoms with Gasteiger partial charge >= 0.3 is 6.18 Å². The van der Waals surface area contributed by atoms with Crippen molar-refractivity contribution >= 4 is 29.0 Å². The van der Waals surface area contributed by atoms with Gasteiger partial charge in [0.2, 0.25) is 5.91 Å². The Morgan fingerprint density at radius 2 is 2.19 bits per heavy atom. The predicted octanol–water partition coefficient (Wildman–Crippen LogP) is 4.72. The number of likely N-dealkylation sites (tertiary alicyclic amines) is 1. The Kier molecular flexibility index (Phi) is 5.86. The number of thiophene rings is 1. The van der Waals surface area contributed by atoms with Crippen LogP contribution in [0.15, 0.2) is 28.7 Å². The van der Waals surface area contributed by atoms with Crippen LogP contribution in [0.1, 0.15) is 31.9 Å². The minimum absolute atomic E-state index is 0.0266. The molecule has 1 fully saturated rings. The van der Waals surface area contributed by atoms with E-state index in [0.717, 1.165) is 37.1 Å². The molecular formula is C17H18F3N3OS2. The monoisotopic (exact) mass is 401 g/mol. The Balaban J connectivity index is 1.78. The van der Waals surface area contributed by atoms with Gasteiger partial charge in [0.05, 0.1) is 16.3 Å². The van der Waals surface area contributed by atoms with Crippen molar-refractivity contribution in [3.8, 4) is 10.6 Å². The van der Waals surface area contributed by atoms with E-state index in [0.29, 0.717) is 11.4 Å². The molecule has 1 aliphatic heterocycles. The van der Waals surface area contributed by atoms with Crippen LogP contribution in [0.4, 0.5) is 13.2 Å². The van der Waals surface area contributed by atoms with Crippen molar-refractivity contribution in [2.24, 2.45) is 0 Å². The second-order valence-corrected chi connectivity index (χ2v) is 8.01. The topological polar surface area (TPSA) is 46.1 Å². The van der Waals surface area contributed by atoms with Crippen LogP contribution < -0.4 is 0 Å². The van der Waals surface area contributed by atoms with Gasteiger partial charge in [-0.2, -0.15) is 13.2 Å². The zero-order valence-electron chi connectivity index (χ0n) is 14.1. The van der Waals surface area contributed by atoms with Crippen molar-refractivity contribution < 1.29 is 18.0 Å². The van der Waals surface area contributed by atoms with Crippen molar-refractivity contribution in [1.82, 2.24) is 14.9 Å². The number of thioether (sulfide) groups is 1. The molecule has 0 N–H and O–H groups in total. The number of carbonyl (C=O) groups excluding carboxylic acids is 1. The summed E-state index contributed by atoms with van der Waals surface area (Å²) in [5.41, 5.74) is -0.763. The van der Waals surface area contributed by atoms with E-state index in [1.807, 2.05) is 6.92 Å². The SMILES string of the molecule is C[C@H]1CCCCN1C(=O)CSc1nc(-c2cccs2)cc(C(F)(F)F)n1. The van der Waals surface area contributed by atoms with Crippen LogP contribution in [-0.4, -0.2) is 39.1 Å². The molecule has 4 nitrogen and oxygen atoms in total. The zero-order valence-corrected chi connectivity index (χ0v) is 15.8. The van der Waals surface area contributed by atoms with Crippen molar-refractivity contribution in [3.63, 3.8) is 0 Å². The molecule has 9 heteroatoms. The second kappa shape index (κ2) is 7.96. The molecule has 0 unspecified atom stereocenters. The highest BCUT2D eigenvalue weighted by atomic mass is 32.2. The first-order valence-electron chi connectivity index (χ1n) is 8.27. The number of hydrogen-bond acceptors (Lipinski definition) is 5. The van der Waals surface area contributed by atoms with Gasteiger partial charge in [0.1, 0.15) is 5.69 Å². The van der Waals surface area contributed by atoms with Crippen LogP contribution in [0, 0.1) is 0 Å². The highest BCUT2D eigenvalue weighted by Gasteiger charge is 2.34. The molecule has 1 saturated heterocycles. The summed E-state index contributed by atoms with van der Waals surface area (Å²) < 4.78 is 39.5. The lowest BCUT2D eigenvalue weighted by Crippen LogP contribution is -2.42. The Labute approximate surface area is 157 Å². The number of halogens is 3. The molecule has 1 amide bonds. The molecular weight excluding hydrogens is 383 g/mol. The summed E-state index contributed by atoms with van der Waals surface area (Å²) in [5.74, 6) is -0.0453. The molecule has 1 atom stereocenters.